The normalized spacial score (nSPS) is 12.8. The molecule has 1 heterocycles. The Balaban J connectivity index is 2.35. The number of carbonyl (C=O) groups is 1. The lowest BCUT2D eigenvalue weighted by Gasteiger charge is -2.08. The van der Waals surface area contributed by atoms with E-state index >= 15 is 0 Å². The van der Waals surface area contributed by atoms with Gasteiger partial charge in [-0.1, -0.05) is 0 Å². The molecule has 0 aliphatic carbocycles. The largest absolute Gasteiger partial charge is 0.392 e. The van der Waals surface area contributed by atoms with Crippen LogP contribution in [-0.4, -0.2) is 42.5 Å². The number of hydrogen-bond donors (Lipinski definition) is 3. The molecule has 0 aliphatic rings. The van der Waals surface area contributed by atoms with Crippen LogP contribution in [0.15, 0.2) is 17.5 Å². The fourth-order valence-corrected chi connectivity index (χ4v) is 2.05. The molecule has 1 atom stereocenters. The molecular formula is C12H17NO4S. The third-order valence-corrected chi connectivity index (χ3v) is 3.07. The number of ether oxygens (including phenoxy) is 1. The van der Waals surface area contributed by atoms with E-state index in [2.05, 4.69) is 5.32 Å². The molecule has 0 saturated carbocycles. The van der Waals surface area contributed by atoms with Crippen molar-refractivity contribution in [2.45, 2.75) is 12.7 Å². The van der Waals surface area contributed by atoms with Crippen LogP contribution in [0.25, 0.3) is 6.08 Å². The summed E-state index contributed by atoms with van der Waals surface area (Å²) in [6, 6.07) is 1.81. The maximum atomic E-state index is 11.4. The van der Waals surface area contributed by atoms with Crippen LogP contribution in [0, 0.1) is 0 Å². The van der Waals surface area contributed by atoms with Crippen molar-refractivity contribution in [2.75, 3.05) is 20.3 Å². The number of thiophene rings is 1. The Kier molecular flexibility index (Phi) is 6.59. The van der Waals surface area contributed by atoms with E-state index in [0.717, 1.165) is 10.4 Å². The molecule has 0 bridgehead atoms. The van der Waals surface area contributed by atoms with Crippen molar-refractivity contribution >= 4 is 23.3 Å². The minimum atomic E-state index is -0.699. The summed E-state index contributed by atoms with van der Waals surface area (Å²) in [5.41, 5.74) is 0.829. The molecule has 0 radical (unpaired) electrons. The maximum absolute atomic E-state index is 11.4. The van der Waals surface area contributed by atoms with Crippen molar-refractivity contribution in [1.29, 1.82) is 0 Å². The van der Waals surface area contributed by atoms with Gasteiger partial charge in [0.05, 0.1) is 19.3 Å². The first-order valence-corrected chi connectivity index (χ1v) is 6.35. The van der Waals surface area contributed by atoms with E-state index < -0.39 is 6.10 Å². The Morgan fingerprint density at radius 3 is 3.06 bits per heavy atom. The molecule has 5 nitrogen and oxygen atoms in total. The van der Waals surface area contributed by atoms with Gasteiger partial charge in [-0.25, -0.2) is 0 Å². The van der Waals surface area contributed by atoms with E-state index in [9.17, 15) is 9.90 Å². The second kappa shape index (κ2) is 7.99. The van der Waals surface area contributed by atoms with Gasteiger partial charge in [0.1, 0.15) is 0 Å². The van der Waals surface area contributed by atoms with Crippen LogP contribution in [0.3, 0.4) is 0 Å². The van der Waals surface area contributed by atoms with Crippen molar-refractivity contribution < 1.29 is 19.7 Å². The van der Waals surface area contributed by atoms with Gasteiger partial charge < -0.3 is 20.3 Å². The van der Waals surface area contributed by atoms with Gasteiger partial charge >= 0.3 is 0 Å². The predicted octanol–water partition coefficient (Wildman–Crippen LogP) is 0.377. The fourth-order valence-electron chi connectivity index (χ4n) is 1.25. The topological polar surface area (TPSA) is 78.8 Å². The Labute approximate surface area is 110 Å². The van der Waals surface area contributed by atoms with Crippen LogP contribution in [0.1, 0.15) is 10.4 Å². The van der Waals surface area contributed by atoms with Gasteiger partial charge in [-0.3, -0.25) is 4.79 Å². The molecule has 0 aromatic carbocycles. The van der Waals surface area contributed by atoms with E-state index in [1.54, 1.807) is 6.08 Å². The molecule has 1 rings (SSSR count). The molecule has 6 heteroatoms. The Morgan fingerprint density at radius 1 is 1.67 bits per heavy atom. The highest BCUT2D eigenvalue weighted by Gasteiger charge is 2.04. The van der Waals surface area contributed by atoms with Gasteiger partial charge in [0.15, 0.2) is 0 Å². The van der Waals surface area contributed by atoms with E-state index in [-0.39, 0.29) is 25.7 Å². The summed E-state index contributed by atoms with van der Waals surface area (Å²) in [6.45, 7) is 0.345. The second-order valence-corrected chi connectivity index (χ2v) is 4.65. The smallest absolute Gasteiger partial charge is 0.244 e. The van der Waals surface area contributed by atoms with E-state index in [4.69, 9.17) is 9.84 Å². The molecule has 3 N–H and O–H groups in total. The zero-order chi connectivity index (χ0) is 13.4. The number of methoxy groups -OCH3 is 1. The predicted molar refractivity (Wildman–Crippen MR) is 70.2 cm³/mol. The number of amides is 1. The molecule has 0 aliphatic heterocycles. The monoisotopic (exact) mass is 271 g/mol. The summed E-state index contributed by atoms with van der Waals surface area (Å²) in [5, 5.41) is 22.6. The number of nitrogens with one attached hydrogen (secondary N) is 1. The van der Waals surface area contributed by atoms with Crippen LogP contribution in [-0.2, 0) is 16.1 Å². The molecule has 0 saturated heterocycles. The standard InChI is InChI=1S/C12H17NO4S/c1-17-7-10(15)5-13-12(16)3-2-11-4-9(6-14)8-18-11/h2-4,8,10,14-15H,5-7H2,1H3,(H,13,16)/b3-2+. The molecule has 1 amide bonds. The maximum Gasteiger partial charge on any atom is 0.244 e. The van der Waals surface area contributed by atoms with Gasteiger partial charge in [-0.2, -0.15) is 0 Å². The summed E-state index contributed by atoms with van der Waals surface area (Å²) in [5.74, 6) is -0.274. The molecular weight excluding hydrogens is 254 g/mol. The minimum absolute atomic E-state index is 0.000251. The lowest BCUT2D eigenvalue weighted by atomic mass is 10.3. The average Bonchev–Trinajstić information content (AvgIpc) is 2.82. The third kappa shape index (κ3) is 5.42. The van der Waals surface area contributed by atoms with Crippen LogP contribution < -0.4 is 5.32 Å². The molecule has 1 aromatic heterocycles. The van der Waals surface area contributed by atoms with Crippen molar-refractivity contribution in [3.63, 3.8) is 0 Å². The average molecular weight is 271 g/mol. The van der Waals surface area contributed by atoms with Gasteiger partial charge in [-0.05, 0) is 23.1 Å². The molecule has 1 unspecified atom stereocenters. The Morgan fingerprint density at radius 2 is 2.44 bits per heavy atom. The summed E-state index contributed by atoms with van der Waals surface area (Å²) >= 11 is 1.45. The number of rotatable bonds is 7. The summed E-state index contributed by atoms with van der Waals surface area (Å²) < 4.78 is 4.74. The summed E-state index contributed by atoms with van der Waals surface area (Å²) in [7, 11) is 1.49. The van der Waals surface area contributed by atoms with Gasteiger partial charge in [-0.15, -0.1) is 11.3 Å². The molecule has 100 valence electrons. The van der Waals surface area contributed by atoms with Crippen molar-refractivity contribution in [1.82, 2.24) is 5.32 Å². The number of hydrogen-bond acceptors (Lipinski definition) is 5. The number of aliphatic hydroxyl groups is 2. The number of carbonyl (C=O) groups excluding carboxylic acids is 1. The third-order valence-electron chi connectivity index (χ3n) is 2.13. The van der Waals surface area contributed by atoms with Crippen LogP contribution in [0.5, 0.6) is 0 Å². The zero-order valence-electron chi connectivity index (χ0n) is 10.1. The summed E-state index contributed by atoms with van der Waals surface area (Å²) in [6.07, 6.45) is 2.36. The van der Waals surface area contributed by atoms with Crippen molar-refractivity contribution in [3.8, 4) is 0 Å². The first kappa shape index (κ1) is 14.8. The first-order chi connectivity index (χ1) is 8.65. The van der Waals surface area contributed by atoms with Gasteiger partial charge in [0.25, 0.3) is 0 Å². The molecule has 1 aromatic rings. The van der Waals surface area contributed by atoms with Crippen LogP contribution >= 0.6 is 11.3 Å². The summed E-state index contributed by atoms with van der Waals surface area (Å²) in [4.78, 5) is 12.3. The second-order valence-electron chi connectivity index (χ2n) is 3.70. The van der Waals surface area contributed by atoms with Crippen LogP contribution in [0.2, 0.25) is 0 Å². The minimum Gasteiger partial charge on any atom is -0.392 e. The Bertz CT molecular complexity index is 403. The van der Waals surface area contributed by atoms with E-state index in [0.29, 0.717) is 0 Å². The van der Waals surface area contributed by atoms with E-state index in [1.165, 1.54) is 24.5 Å². The highest BCUT2D eigenvalue weighted by atomic mass is 32.1. The zero-order valence-corrected chi connectivity index (χ0v) is 10.9. The van der Waals surface area contributed by atoms with E-state index in [1.807, 2.05) is 11.4 Å². The first-order valence-electron chi connectivity index (χ1n) is 5.47. The lowest BCUT2D eigenvalue weighted by Crippen LogP contribution is -2.33. The van der Waals surface area contributed by atoms with Crippen molar-refractivity contribution in [2.24, 2.45) is 0 Å². The number of aliphatic hydroxyl groups excluding tert-OH is 2. The molecule has 18 heavy (non-hydrogen) atoms. The molecule has 0 fully saturated rings. The quantitative estimate of drug-likeness (QED) is 0.626. The van der Waals surface area contributed by atoms with Gasteiger partial charge in [0.2, 0.25) is 5.91 Å². The highest BCUT2D eigenvalue weighted by molar-refractivity contribution is 7.11. The SMILES string of the molecule is COCC(O)CNC(=O)/C=C/c1cc(CO)cs1. The highest BCUT2D eigenvalue weighted by Crippen LogP contribution is 2.15. The van der Waals surface area contributed by atoms with Gasteiger partial charge in [0, 0.05) is 24.6 Å². The Hall–Kier alpha value is -1.21. The molecule has 0 spiro atoms. The lowest BCUT2D eigenvalue weighted by molar-refractivity contribution is -0.117. The van der Waals surface area contributed by atoms with Crippen LogP contribution in [0.4, 0.5) is 0 Å². The van der Waals surface area contributed by atoms with Crippen molar-refractivity contribution in [3.05, 3.63) is 28.0 Å². The fraction of sp³-hybridized carbons (Fsp3) is 0.417.